The lowest BCUT2D eigenvalue weighted by Gasteiger charge is -2.25. The van der Waals surface area contributed by atoms with Gasteiger partial charge in [0.05, 0.1) is 25.4 Å². The van der Waals surface area contributed by atoms with Gasteiger partial charge in [0.15, 0.2) is 5.69 Å². The molecule has 8 nitrogen and oxygen atoms in total. The molecule has 3 rings (SSSR count). The molecule has 1 aliphatic rings. The third-order valence-electron chi connectivity index (χ3n) is 5.12. The number of aromatic nitrogens is 3. The summed E-state index contributed by atoms with van der Waals surface area (Å²) < 4.78 is 6.37. The van der Waals surface area contributed by atoms with Crippen LogP contribution in [0, 0.1) is 5.92 Å². The Morgan fingerprint density at radius 3 is 2.72 bits per heavy atom. The maximum absolute atomic E-state index is 12.9. The lowest BCUT2D eigenvalue weighted by Crippen LogP contribution is -2.45. The Labute approximate surface area is 171 Å². The molecule has 29 heavy (non-hydrogen) atoms. The highest BCUT2D eigenvalue weighted by molar-refractivity contribution is 5.86. The Morgan fingerprint density at radius 2 is 2.03 bits per heavy atom. The number of likely N-dealkylation sites (tertiary alicyclic amines) is 1. The van der Waals surface area contributed by atoms with E-state index >= 15 is 0 Å². The minimum atomic E-state index is -0.511. The second-order valence-electron chi connectivity index (χ2n) is 7.86. The normalized spacial score (nSPS) is 19.4. The fourth-order valence-electron chi connectivity index (χ4n) is 3.76. The Hall–Kier alpha value is -2.74. The van der Waals surface area contributed by atoms with Crippen LogP contribution in [0.3, 0.4) is 0 Å². The summed E-state index contributed by atoms with van der Waals surface area (Å²) >= 11 is 0. The summed E-state index contributed by atoms with van der Waals surface area (Å²) in [7, 11) is 1.32. The summed E-state index contributed by atoms with van der Waals surface area (Å²) in [6, 6.07) is 9.89. The molecule has 156 valence electrons. The fraction of sp³-hybridized carbons (Fsp3) is 0.524. The van der Waals surface area contributed by atoms with Gasteiger partial charge in [-0.05, 0) is 24.3 Å². The molecule has 1 aromatic carbocycles. The summed E-state index contributed by atoms with van der Waals surface area (Å²) in [5, 5.41) is 11.1. The number of esters is 1. The number of nitrogens with zero attached hydrogens (tertiary/aromatic N) is 4. The molecular weight excluding hydrogens is 370 g/mol. The minimum Gasteiger partial charge on any atom is -0.464 e. The van der Waals surface area contributed by atoms with Crippen molar-refractivity contribution in [2.24, 2.45) is 5.92 Å². The van der Waals surface area contributed by atoms with Gasteiger partial charge >= 0.3 is 5.97 Å². The molecule has 1 aliphatic heterocycles. The Morgan fingerprint density at radius 1 is 1.28 bits per heavy atom. The van der Waals surface area contributed by atoms with Crippen LogP contribution < -0.4 is 5.32 Å². The number of hydrogen-bond acceptors (Lipinski definition) is 6. The van der Waals surface area contributed by atoms with Gasteiger partial charge in [0.2, 0.25) is 5.91 Å². The van der Waals surface area contributed by atoms with Crippen LogP contribution in [-0.2, 0) is 16.0 Å². The van der Waals surface area contributed by atoms with E-state index in [-0.39, 0.29) is 23.7 Å². The van der Waals surface area contributed by atoms with E-state index in [9.17, 15) is 9.59 Å². The van der Waals surface area contributed by atoms with Crippen LogP contribution in [0.5, 0.6) is 0 Å². The molecule has 2 aromatic rings. The molecular formula is C21H29N5O3. The number of hydrogen-bond donors (Lipinski definition) is 1. The first-order valence-corrected chi connectivity index (χ1v) is 10.0. The average molecular weight is 399 g/mol. The van der Waals surface area contributed by atoms with E-state index in [1.807, 2.05) is 18.2 Å². The number of carbonyl (C=O) groups excluding carboxylic acids is 2. The van der Waals surface area contributed by atoms with E-state index < -0.39 is 5.97 Å². The quantitative estimate of drug-likeness (QED) is 0.680. The van der Waals surface area contributed by atoms with Crippen LogP contribution in [0.2, 0.25) is 0 Å². The van der Waals surface area contributed by atoms with E-state index in [0.717, 1.165) is 13.0 Å². The van der Waals surface area contributed by atoms with E-state index in [1.54, 1.807) is 10.9 Å². The molecule has 1 saturated heterocycles. The minimum absolute atomic E-state index is 0.00969. The largest absolute Gasteiger partial charge is 0.464 e. The van der Waals surface area contributed by atoms with Gasteiger partial charge in [-0.2, -0.15) is 0 Å². The van der Waals surface area contributed by atoms with Crippen LogP contribution in [0.4, 0.5) is 0 Å². The van der Waals surface area contributed by atoms with Gasteiger partial charge in [0, 0.05) is 19.6 Å². The van der Waals surface area contributed by atoms with Gasteiger partial charge in [-0.15, -0.1) is 5.10 Å². The van der Waals surface area contributed by atoms with E-state index in [2.05, 4.69) is 46.5 Å². The van der Waals surface area contributed by atoms with Crippen LogP contribution in [0.15, 0.2) is 36.5 Å². The molecule has 2 heterocycles. The van der Waals surface area contributed by atoms with Crippen molar-refractivity contribution < 1.29 is 14.3 Å². The maximum Gasteiger partial charge on any atom is 0.360 e. The summed E-state index contributed by atoms with van der Waals surface area (Å²) in [5.74, 6) is -0.0318. The third-order valence-corrected chi connectivity index (χ3v) is 5.12. The van der Waals surface area contributed by atoms with Crippen molar-refractivity contribution in [1.82, 2.24) is 25.2 Å². The number of carbonyl (C=O) groups is 2. The number of ether oxygens (including phenoxy) is 1. The first-order chi connectivity index (χ1) is 14.0. The summed E-state index contributed by atoms with van der Waals surface area (Å²) in [6.07, 6.45) is 3.03. The monoisotopic (exact) mass is 399 g/mol. The van der Waals surface area contributed by atoms with Crippen LogP contribution in [0.1, 0.15) is 42.4 Å². The predicted octanol–water partition coefficient (Wildman–Crippen LogP) is 1.69. The third kappa shape index (κ3) is 5.41. The number of rotatable bonds is 8. The Balaban J connectivity index is 1.63. The van der Waals surface area contributed by atoms with Crippen LogP contribution >= 0.6 is 0 Å². The molecule has 0 radical (unpaired) electrons. The highest BCUT2D eigenvalue weighted by atomic mass is 16.5. The molecule has 0 spiro atoms. The Bertz CT molecular complexity index is 821. The summed E-state index contributed by atoms with van der Waals surface area (Å²) in [4.78, 5) is 26.7. The Kier molecular flexibility index (Phi) is 6.98. The molecule has 0 aliphatic carbocycles. The van der Waals surface area contributed by atoms with Crippen molar-refractivity contribution in [2.75, 3.05) is 26.7 Å². The van der Waals surface area contributed by atoms with Crippen LogP contribution in [0.25, 0.3) is 0 Å². The number of amides is 1. The maximum atomic E-state index is 12.9. The molecule has 1 amide bonds. The lowest BCUT2D eigenvalue weighted by molar-refractivity contribution is -0.125. The highest BCUT2D eigenvalue weighted by Gasteiger charge is 2.38. The molecule has 2 atom stereocenters. The van der Waals surface area contributed by atoms with Crippen LogP contribution in [-0.4, -0.2) is 64.6 Å². The van der Waals surface area contributed by atoms with Gasteiger partial charge in [-0.3, -0.25) is 9.69 Å². The van der Waals surface area contributed by atoms with Gasteiger partial charge in [0.1, 0.15) is 0 Å². The van der Waals surface area contributed by atoms with Gasteiger partial charge in [0.25, 0.3) is 0 Å². The number of nitrogens with one attached hydrogen (secondary N) is 1. The molecule has 1 N–H and O–H groups in total. The topological polar surface area (TPSA) is 89.4 Å². The van der Waals surface area contributed by atoms with Crippen molar-refractivity contribution in [2.45, 2.75) is 38.8 Å². The molecule has 1 aromatic heterocycles. The van der Waals surface area contributed by atoms with Crippen molar-refractivity contribution in [1.29, 1.82) is 0 Å². The standard InChI is InChI=1S/C21H29N5O3/c1-15(2)12-25-13-17(26-14-18(23-24-26)21(28)29-3)11-19(25)20(27)22-10-9-16-7-5-4-6-8-16/h4-8,14-15,17,19H,9-13H2,1-3H3,(H,22,27)/t17-,19+/m1/s1. The van der Waals surface area contributed by atoms with Crippen molar-refractivity contribution >= 4 is 11.9 Å². The fourth-order valence-corrected chi connectivity index (χ4v) is 3.76. The van der Waals surface area contributed by atoms with Gasteiger partial charge in [-0.25, -0.2) is 9.48 Å². The molecule has 0 unspecified atom stereocenters. The SMILES string of the molecule is COC(=O)c1cn([C@@H]2C[C@@H](C(=O)NCCc3ccccc3)N(CC(C)C)C2)nn1. The number of methoxy groups -OCH3 is 1. The zero-order chi connectivity index (χ0) is 20.8. The smallest absolute Gasteiger partial charge is 0.360 e. The van der Waals surface area contributed by atoms with Crippen molar-refractivity contribution in [3.8, 4) is 0 Å². The summed E-state index contributed by atoms with van der Waals surface area (Å²) in [5.41, 5.74) is 1.38. The second-order valence-corrected chi connectivity index (χ2v) is 7.86. The molecule has 8 heteroatoms. The zero-order valence-electron chi connectivity index (χ0n) is 17.2. The highest BCUT2D eigenvalue weighted by Crippen LogP contribution is 2.28. The molecule has 0 bridgehead atoms. The van der Waals surface area contributed by atoms with E-state index in [0.29, 0.717) is 25.4 Å². The predicted molar refractivity (Wildman–Crippen MR) is 108 cm³/mol. The second kappa shape index (κ2) is 9.65. The molecule has 0 saturated carbocycles. The van der Waals surface area contributed by atoms with Gasteiger partial charge < -0.3 is 10.1 Å². The zero-order valence-corrected chi connectivity index (χ0v) is 17.2. The first-order valence-electron chi connectivity index (χ1n) is 10.0. The van der Waals surface area contributed by atoms with E-state index in [4.69, 9.17) is 4.74 Å². The summed E-state index contributed by atoms with van der Waals surface area (Å²) in [6.45, 7) is 6.41. The number of benzene rings is 1. The average Bonchev–Trinajstić information content (AvgIpc) is 3.35. The first kappa shape index (κ1) is 21.0. The molecule has 1 fully saturated rings. The lowest BCUT2D eigenvalue weighted by atomic mass is 10.1. The van der Waals surface area contributed by atoms with E-state index in [1.165, 1.54) is 12.7 Å². The van der Waals surface area contributed by atoms with Crippen molar-refractivity contribution in [3.05, 3.63) is 47.8 Å². The van der Waals surface area contributed by atoms with Gasteiger partial charge in [-0.1, -0.05) is 49.4 Å². The van der Waals surface area contributed by atoms with Crippen molar-refractivity contribution in [3.63, 3.8) is 0 Å².